The molecule has 0 spiro atoms. The maximum absolute atomic E-state index is 2.42. The molecule has 0 amide bonds. The van der Waals surface area contributed by atoms with E-state index in [9.17, 15) is 0 Å². The van der Waals surface area contributed by atoms with E-state index in [0.29, 0.717) is 0 Å². The molecule has 1 heteroatoms. The molecule has 4 rings (SSSR count). The fraction of sp³-hybridized carbons (Fsp3) is 0.103. The molecule has 0 aromatic heterocycles. The quantitative estimate of drug-likeness (QED) is 0.242. The summed E-state index contributed by atoms with van der Waals surface area (Å²) in [7, 11) is -1.75. The molecular weight excluding hydrogens is 379 g/mol. The van der Waals surface area contributed by atoms with Crippen molar-refractivity contribution in [1.82, 2.24) is 0 Å². The predicted molar refractivity (Wildman–Crippen MR) is 134 cm³/mol. The summed E-state index contributed by atoms with van der Waals surface area (Å²) in [5.74, 6) is 0. The van der Waals surface area contributed by atoms with Crippen molar-refractivity contribution in [1.29, 1.82) is 0 Å². The molecule has 0 bridgehead atoms. The smallest absolute Gasteiger partial charge is 0.0846 e. The van der Waals surface area contributed by atoms with E-state index >= 15 is 0 Å². The molecule has 148 valence electrons. The minimum atomic E-state index is -1.75. The van der Waals surface area contributed by atoms with Crippen molar-refractivity contribution in [3.05, 3.63) is 139 Å². The van der Waals surface area contributed by atoms with E-state index < -0.39 is 7.26 Å². The van der Waals surface area contributed by atoms with Crippen molar-refractivity contribution >= 4 is 23.2 Å². The number of allylic oxidation sites excluding steroid dienone is 2. The van der Waals surface area contributed by atoms with Crippen molar-refractivity contribution in [3.63, 3.8) is 0 Å². The second kappa shape index (κ2) is 10.2. The molecule has 0 nitrogen and oxygen atoms in total. The van der Waals surface area contributed by atoms with Gasteiger partial charge in [-0.15, -0.1) is 0 Å². The van der Waals surface area contributed by atoms with Gasteiger partial charge in [0, 0.05) is 0 Å². The monoisotopic (exact) mass is 407 g/mol. The average Bonchev–Trinajstić information content (AvgIpc) is 2.84. The van der Waals surface area contributed by atoms with Gasteiger partial charge in [-0.05, 0) is 54.8 Å². The van der Waals surface area contributed by atoms with Gasteiger partial charge < -0.3 is 0 Å². The zero-order valence-corrected chi connectivity index (χ0v) is 18.2. The van der Waals surface area contributed by atoms with Crippen molar-refractivity contribution in [3.8, 4) is 0 Å². The van der Waals surface area contributed by atoms with E-state index in [1.807, 2.05) is 0 Å². The predicted octanol–water partition coefficient (Wildman–Crippen LogP) is 6.17. The Morgan fingerprint density at radius 3 is 1.30 bits per heavy atom. The highest BCUT2D eigenvalue weighted by atomic mass is 31.2. The number of hydrogen-bond acceptors (Lipinski definition) is 0. The Morgan fingerprint density at radius 1 is 0.467 bits per heavy atom. The lowest BCUT2D eigenvalue weighted by Crippen LogP contribution is -2.32. The number of hydrogen-bond donors (Lipinski definition) is 0. The largest absolute Gasteiger partial charge is 0.115 e. The van der Waals surface area contributed by atoms with Gasteiger partial charge >= 0.3 is 0 Å². The lowest BCUT2D eigenvalue weighted by molar-refractivity contribution is 1.000. The van der Waals surface area contributed by atoms with E-state index in [2.05, 4.69) is 133 Å². The van der Waals surface area contributed by atoms with Crippen molar-refractivity contribution < 1.29 is 0 Å². The third-order valence-electron chi connectivity index (χ3n) is 5.58. The van der Waals surface area contributed by atoms with Crippen LogP contribution < -0.4 is 15.9 Å². The molecule has 0 saturated carbocycles. The van der Waals surface area contributed by atoms with Crippen LogP contribution in [0, 0.1) is 0 Å². The maximum Gasteiger partial charge on any atom is 0.115 e. The standard InChI is InChI=1S/C29H28P/c1-6-16-26(17-7-1)18-8-5-15-25-30(27-19-9-2-10-20-27,28-21-11-3-12-22-28)29-23-13-4-14-24-29/h1-7,9-17,19-24H,8,18,25H2/q+1/b15-5+. The Bertz CT molecular complexity index is 942. The molecule has 0 fully saturated rings. The fourth-order valence-corrected chi connectivity index (χ4v) is 8.09. The first-order valence-corrected chi connectivity index (χ1v) is 12.6. The van der Waals surface area contributed by atoms with Crippen molar-refractivity contribution in [2.24, 2.45) is 0 Å². The van der Waals surface area contributed by atoms with Gasteiger partial charge in [-0.3, -0.25) is 0 Å². The summed E-state index contributed by atoms with van der Waals surface area (Å²) >= 11 is 0. The summed E-state index contributed by atoms with van der Waals surface area (Å²) in [4.78, 5) is 0. The van der Waals surface area contributed by atoms with Crippen LogP contribution in [-0.4, -0.2) is 6.16 Å². The number of rotatable bonds is 8. The van der Waals surface area contributed by atoms with Crippen molar-refractivity contribution in [2.75, 3.05) is 6.16 Å². The molecule has 4 aromatic rings. The van der Waals surface area contributed by atoms with Crippen LogP contribution in [0.2, 0.25) is 0 Å². The van der Waals surface area contributed by atoms with E-state index in [1.54, 1.807) is 0 Å². The van der Waals surface area contributed by atoms with Gasteiger partial charge in [0.1, 0.15) is 23.2 Å². The van der Waals surface area contributed by atoms with Crippen LogP contribution in [0.25, 0.3) is 0 Å². The third-order valence-corrected chi connectivity index (χ3v) is 9.88. The summed E-state index contributed by atoms with van der Waals surface area (Å²) in [6.45, 7) is 0. The highest BCUT2D eigenvalue weighted by Crippen LogP contribution is 2.55. The Labute approximate surface area is 181 Å². The van der Waals surface area contributed by atoms with Gasteiger partial charge in [0.05, 0.1) is 6.16 Å². The van der Waals surface area contributed by atoms with E-state index in [-0.39, 0.29) is 0 Å². The number of aryl methyl sites for hydroxylation is 1. The molecule has 0 aliphatic carbocycles. The number of benzene rings is 4. The summed E-state index contributed by atoms with van der Waals surface area (Å²) < 4.78 is 0. The SMILES string of the molecule is C(=C\C[P+](c1ccccc1)(c1ccccc1)c1ccccc1)/CCc1ccccc1. The Kier molecular flexibility index (Phi) is 6.91. The Hall–Kier alpha value is -2.95. The van der Waals surface area contributed by atoms with Gasteiger partial charge in [0.2, 0.25) is 0 Å². The topological polar surface area (TPSA) is 0 Å². The molecule has 0 aliphatic heterocycles. The van der Waals surface area contributed by atoms with E-state index in [4.69, 9.17) is 0 Å². The van der Waals surface area contributed by atoms with Crippen molar-refractivity contribution in [2.45, 2.75) is 12.8 Å². The second-order valence-corrected chi connectivity index (χ2v) is 11.0. The van der Waals surface area contributed by atoms with Gasteiger partial charge in [-0.25, -0.2) is 0 Å². The van der Waals surface area contributed by atoms with Crippen LogP contribution >= 0.6 is 7.26 Å². The molecule has 30 heavy (non-hydrogen) atoms. The third kappa shape index (κ3) is 4.61. The minimum Gasteiger partial charge on any atom is -0.0846 e. The molecule has 0 aliphatic rings. The van der Waals surface area contributed by atoms with Gasteiger partial charge in [-0.1, -0.05) is 97.1 Å². The lowest BCUT2D eigenvalue weighted by Gasteiger charge is -2.26. The fourth-order valence-electron chi connectivity index (χ4n) is 4.06. The Balaban J connectivity index is 1.69. The molecule has 0 radical (unpaired) electrons. The van der Waals surface area contributed by atoms with Gasteiger partial charge in [0.15, 0.2) is 0 Å². The maximum atomic E-state index is 2.42. The first-order chi connectivity index (χ1) is 14.9. The molecule has 0 atom stereocenters. The molecule has 0 saturated heterocycles. The van der Waals surface area contributed by atoms with E-state index in [0.717, 1.165) is 19.0 Å². The summed E-state index contributed by atoms with van der Waals surface area (Å²) in [6.07, 6.45) is 7.99. The summed E-state index contributed by atoms with van der Waals surface area (Å²) in [5, 5.41) is 4.32. The summed E-state index contributed by atoms with van der Waals surface area (Å²) in [5.41, 5.74) is 1.40. The zero-order valence-electron chi connectivity index (χ0n) is 17.3. The highest BCUT2D eigenvalue weighted by Gasteiger charge is 2.43. The van der Waals surface area contributed by atoms with E-state index in [1.165, 1.54) is 21.5 Å². The zero-order chi connectivity index (χ0) is 20.5. The Morgan fingerprint density at radius 2 is 0.867 bits per heavy atom. The first kappa shape index (κ1) is 20.3. The second-order valence-electron chi connectivity index (χ2n) is 7.49. The van der Waals surface area contributed by atoms with Crippen LogP contribution in [0.3, 0.4) is 0 Å². The molecule has 0 N–H and O–H groups in total. The summed E-state index contributed by atoms with van der Waals surface area (Å²) in [6, 6.07) is 44.0. The molecule has 4 aromatic carbocycles. The molecule has 0 heterocycles. The van der Waals surface area contributed by atoms with Crippen LogP contribution in [0.4, 0.5) is 0 Å². The van der Waals surface area contributed by atoms with Crippen LogP contribution in [-0.2, 0) is 6.42 Å². The average molecular weight is 408 g/mol. The van der Waals surface area contributed by atoms with Gasteiger partial charge in [-0.2, -0.15) is 0 Å². The van der Waals surface area contributed by atoms with Crippen LogP contribution in [0.1, 0.15) is 12.0 Å². The first-order valence-electron chi connectivity index (χ1n) is 10.6. The lowest BCUT2D eigenvalue weighted by atomic mass is 10.1. The van der Waals surface area contributed by atoms with Crippen LogP contribution in [0.15, 0.2) is 133 Å². The highest BCUT2D eigenvalue weighted by molar-refractivity contribution is 7.95. The normalized spacial score (nSPS) is 11.6. The van der Waals surface area contributed by atoms with Gasteiger partial charge in [0.25, 0.3) is 0 Å². The molecular formula is C29H28P+. The van der Waals surface area contributed by atoms with Crippen LogP contribution in [0.5, 0.6) is 0 Å². The minimum absolute atomic E-state index is 1.04. The molecule has 0 unspecified atom stereocenters.